The largest absolute Gasteiger partial charge is 0.273 e. The van der Waals surface area contributed by atoms with Crippen molar-refractivity contribution in [3.63, 3.8) is 0 Å². The Hall–Kier alpha value is -2.07. The minimum absolute atomic E-state index is 0.0556. The summed E-state index contributed by atoms with van der Waals surface area (Å²) in [6.45, 7) is 2.88. The second-order valence-electron chi connectivity index (χ2n) is 3.67. The molecule has 1 rings (SSSR count). The third-order valence-corrected chi connectivity index (χ3v) is 2.60. The summed E-state index contributed by atoms with van der Waals surface area (Å²) < 4.78 is 25.6. The molecule has 1 aliphatic carbocycles. The van der Waals surface area contributed by atoms with Gasteiger partial charge in [0, 0.05) is 6.92 Å². The zero-order valence-electron chi connectivity index (χ0n) is 10.1. The average Bonchev–Trinajstić information content (AvgIpc) is 2.20. The van der Waals surface area contributed by atoms with Gasteiger partial charge in [0.05, 0.1) is 23.3 Å². The summed E-state index contributed by atoms with van der Waals surface area (Å²) in [6.07, 6.45) is 3.76. The summed E-state index contributed by atoms with van der Waals surface area (Å²) in [7, 11) is -3.59. The summed E-state index contributed by atoms with van der Waals surface area (Å²) in [6, 6.07) is 1.87. The Morgan fingerprint density at radius 2 is 1.89 bits per heavy atom. The maximum Gasteiger partial charge on any atom is 0.250 e. The minimum atomic E-state index is -3.59. The van der Waals surface area contributed by atoms with Crippen molar-refractivity contribution in [2.45, 2.75) is 13.8 Å². The van der Waals surface area contributed by atoms with Crippen molar-refractivity contribution in [1.82, 2.24) is 0 Å². The summed E-state index contributed by atoms with van der Waals surface area (Å²) in [5.41, 5.74) is 0.923. The van der Waals surface area contributed by atoms with Crippen molar-refractivity contribution in [2.24, 2.45) is 9.39 Å². The van der Waals surface area contributed by atoms with Crippen LogP contribution in [-0.2, 0) is 14.8 Å². The van der Waals surface area contributed by atoms with Crippen molar-refractivity contribution in [1.29, 1.82) is 5.26 Å². The molecule has 1 amide bonds. The number of nitriles is 1. The predicted molar refractivity (Wildman–Crippen MR) is 67.8 cm³/mol. The van der Waals surface area contributed by atoms with Crippen LogP contribution in [0.5, 0.6) is 0 Å². The van der Waals surface area contributed by atoms with Gasteiger partial charge in [0.25, 0.3) is 10.0 Å². The highest BCUT2D eigenvalue weighted by molar-refractivity contribution is 7.89. The number of aliphatic imine (C=N–C) groups is 1. The van der Waals surface area contributed by atoms with Crippen LogP contribution in [0.1, 0.15) is 13.8 Å². The van der Waals surface area contributed by atoms with Gasteiger partial charge in [-0.2, -0.15) is 9.66 Å². The van der Waals surface area contributed by atoms with E-state index in [0.717, 1.165) is 6.26 Å². The fourth-order valence-corrected chi connectivity index (χ4v) is 1.88. The molecule has 7 heteroatoms. The lowest BCUT2D eigenvalue weighted by Gasteiger charge is -2.10. The number of nitrogens with zero attached hydrogens (tertiary/aromatic N) is 3. The maximum atomic E-state index is 11.1. The Morgan fingerprint density at radius 1 is 1.33 bits per heavy atom. The monoisotopic (exact) mass is 265 g/mol. The predicted octanol–water partition coefficient (Wildman–Crippen LogP) is 0.784. The van der Waals surface area contributed by atoms with Crippen LogP contribution in [0.25, 0.3) is 0 Å². The van der Waals surface area contributed by atoms with Crippen molar-refractivity contribution < 1.29 is 13.2 Å². The minimum Gasteiger partial charge on any atom is -0.273 e. The van der Waals surface area contributed by atoms with Crippen LogP contribution in [-0.4, -0.2) is 32.0 Å². The highest BCUT2D eigenvalue weighted by Gasteiger charge is 2.18. The molecule has 6 nitrogen and oxygen atoms in total. The first-order valence-electron chi connectivity index (χ1n) is 4.93. The first-order valence-corrected chi connectivity index (χ1v) is 6.78. The van der Waals surface area contributed by atoms with E-state index in [9.17, 15) is 13.2 Å². The van der Waals surface area contributed by atoms with Crippen LogP contribution in [0.15, 0.2) is 32.7 Å². The van der Waals surface area contributed by atoms with E-state index in [4.69, 9.17) is 5.26 Å². The van der Waals surface area contributed by atoms with Gasteiger partial charge in [0.1, 0.15) is 6.07 Å². The smallest absolute Gasteiger partial charge is 0.250 e. The van der Waals surface area contributed by atoms with Crippen LogP contribution in [0.3, 0.4) is 0 Å². The number of carbonyl (C=O) groups excluding carboxylic acids is 1. The Balaban J connectivity index is 3.41. The van der Waals surface area contributed by atoms with Gasteiger partial charge >= 0.3 is 0 Å². The molecule has 0 bridgehead atoms. The Kier molecular flexibility index (Phi) is 3.93. The highest BCUT2D eigenvalue weighted by atomic mass is 32.2. The fourth-order valence-electron chi connectivity index (χ4n) is 1.37. The van der Waals surface area contributed by atoms with E-state index in [0.29, 0.717) is 11.3 Å². The Morgan fingerprint density at radius 3 is 2.33 bits per heavy atom. The summed E-state index contributed by atoms with van der Waals surface area (Å²) in [5, 5.41) is 9.02. The van der Waals surface area contributed by atoms with Gasteiger partial charge in [-0.1, -0.05) is 0 Å². The van der Waals surface area contributed by atoms with Gasteiger partial charge in [0.2, 0.25) is 5.91 Å². The van der Waals surface area contributed by atoms with Crippen LogP contribution >= 0.6 is 0 Å². The molecule has 94 valence electrons. The van der Waals surface area contributed by atoms with Gasteiger partial charge in [0.15, 0.2) is 0 Å². The number of rotatable bonds is 1. The third kappa shape index (κ3) is 3.46. The van der Waals surface area contributed by atoms with E-state index in [1.807, 2.05) is 6.07 Å². The molecule has 0 heterocycles. The van der Waals surface area contributed by atoms with Crippen molar-refractivity contribution in [3.05, 3.63) is 23.3 Å². The standard InChI is InChI=1S/C11H11N3O3S/c1-7-9(6-12)11(14-18(3,16)17)5-4-10(7)13-8(2)15/h4-5H,1-3H3/b13-10?,14-11-. The van der Waals surface area contributed by atoms with Gasteiger partial charge < -0.3 is 0 Å². The molecule has 0 atom stereocenters. The van der Waals surface area contributed by atoms with Crippen molar-refractivity contribution >= 4 is 27.4 Å². The lowest BCUT2D eigenvalue weighted by molar-refractivity contribution is -0.115. The molecule has 0 saturated carbocycles. The highest BCUT2D eigenvalue weighted by Crippen LogP contribution is 2.16. The van der Waals surface area contributed by atoms with Gasteiger partial charge in [-0.15, -0.1) is 0 Å². The number of hydrogen-bond acceptors (Lipinski definition) is 4. The van der Waals surface area contributed by atoms with Crippen LogP contribution in [0.2, 0.25) is 0 Å². The number of hydrogen-bond donors (Lipinski definition) is 0. The molecule has 0 aromatic carbocycles. The molecule has 0 aromatic heterocycles. The molecule has 0 radical (unpaired) electrons. The number of allylic oxidation sites excluding steroid dienone is 4. The topological polar surface area (TPSA) is 99.7 Å². The van der Waals surface area contributed by atoms with E-state index < -0.39 is 15.9 Å². The Labute approximate surface area is 105 Å². The Bertz CT molecular complexity index is 658. The average molecular weight is 265 g/mol. The summed E-state index contributed by atoms with van der Waals surface area (Å²) >= 11 is 0. The molecule has 0 fully saturated rings. The molecular weight excluding hydrogens is 254 g/mol. The second kappa shape index (κ2) is 5.06. The maximum absolute atomic E-state index is 11.1. The van der Waals surface area contributed by atoms with Crippen LogP contribution in [0, 0.1) is 11.3 Å². The van der Waals surface area contributed by atoms with E-state index >= 15 is 0 Å². The van der Waals surface area contributed by atoms with Gasteiger partial charge in [-0.3, -0.25) is 4.79 Å². The molecule has 0 aliphatic heterocycles. The quantitative estimate of drug-likeness (QED) is 0.654. The second-order valence-corrected chi connectivity index (χ2v) is 5.32. The number of amides is 1. The molecule has 1 aliphatic rings. The fraction of sp³-hybridized carbons (Fsp3) is 0.273. The first kappa shape index (κ1) is 14.0. The van der Waals surface area contributed by atoms with Gasteiger partial charge in [-0.25, -0.2) is 13.4 Å². The number of carbonyl (C=O) groups is 1. The van der Waals surface area contributed by atoms with E-state index in [1.54, 1.807) is 6.92 Å². The summed E-state index contributed by atoms with van der Waals surface area (Å²) in [4.78, 5) is 14.6. The van der Waals surface area contributed by atoms with E-state index in [2.05, 4.69) is 9.39 Å². The molecule has 0 unspecified atom stereocenters. The first-order chi connectivity index (χ1) is 8.24. The van der Waals surface area contributed by atoms with Crippen LogP contribution < -0.4 is 0 Å². The van der Waals surface area contributed by atoms with Crippen molar-refractivity contribution in [2.75, 3.05) is 6.26 Å². The summed E-state index contributed by atoms with van der Waals surface area (Å²) in [5.74, 6) is -0.394. The molecule has 0 saturated heterocycles. The molecular formula is C11H11N3O3S. The zero-order chi connectivity index (χ0) is 13.9. The molecule has 0 aromatic rings. The molecule has 18 heavy (non-hydrogen) atoms. The third-order valence-electron chi connectivity index (χ3n) is 2.07. The van der Waals surface area contributed by atoms with Gasteiger partial charge in [-0.05, 0) is 24.6 Å². The van der Waals surface area contributed by atoms with Crippen LogP contribution in [0.4, 0.5) is 0 Å². The molecule has 0 N–H and O–H groups in total. The zero-order valence-corrected chi connectivity index (χ0v) is 10.9. The van der Waals surface area contributed by atoms with Crippen molar-refractivity contribution in [3.8, 4) is 6.07 Å². The lowest BCUT2D eigenvalue weighted by Crippen LogP contribution is -2.14. The lowest BCUT2D eigenvalue weighted by atomic mass is 9.96. The SMILES string of the molecule is CC(=O)N=C1C=C/C(=N/S(C)(=O)=O)C(C#N)=C1C. The normalized spacial score (nSPS) is 20.3. The van der Waals surface area contributed by atoms with E-state index in [-0.39, 0.29) is 11.3 Å². The molecule has 0 spiro atoms. The number of sulfonamides is 1. The van der Waals surface area contributed by atoms with E-state index in [1.165, 1.54) is 19.1 Å².